The van der Waals surface area contributed by atoms with Crippen LogP contribution in [0.2, 0.25) is 0 Å². The molecule has 0 fully saturated rings. The van der Waals surface area contributed by atoms with Crippen LogP contribution < -0.4 is 4.74 Å². The lowest BCUT2D eigenvalue weighted by Gasteiger charge is -2.10. The fourth-order valence-corrected chi connectivity index (χ4v) is 1.81. The highest BCUT2D eigenvalue weighted by atomic mass is 16.5. The van der Waals surface area contributed by atoms with E-state index in [0.717, 1.165) is 12.8 Å². The second kappa shape index (κ2) is 15.7. The molecule has 1 rings (SSSR count). The number of phenolic OH excluding ortho intramolecular Hbond substituents is 2. The quantitative estimate of drug-likeness (QED) is 0.294. The molecule has 8 heteroatoms. The minimum atomic E-state index is -0.916. The SMILES string of the molecule is CCCCCCOc1c(O)cccc1O.OCC(O)COCC(O)CO. The standard InChI is InChI=1S/C12H18O3.C6H14O5/c1-2-3-4-5-9-15-12-10(13)7-6-8-11(12)14;7-1-5(9)3-11-4-6(10)2-8/h6-8,13-14H,2-5,9H2,1H3;5-10H,1-4H2. The molecular weight excluding hydrogens is 344 g/mol. The Bertz CT molecular complexity index is 425. The van der Waals surface area contributed by atoms with Crippen LogP contribution in [0.15, 0.2) is 18.2 Å². The first kappa shape index (κ1) is 24.4. The van der Waals surface area contributed by atoms with Crippen molar-refractivity contribution in [1.82, 2.24) is 0 Å². The summed E-state index contributed by atoms with van der Waals surface area (Å²) in [7, 11) is 0. The van der Waals surface area contributed by atoms with Crippen LogP contribution in [-0.2, 0) is 4.74 Å². The molecule has 6 N–H and O–H groups in total. The van der Waals surface area contributed by atoms with Crippen LogP contribution >= 0.6 is 0 Å². The summed E-state index contributed by atoms with van der Waals surface area (Å²) in [5.41, 5.74) is 0. The van der Waals surface area contributed by atoms with Gasteiger partial charge in [-0.15, -0.1) is 0 Å². The molecule has 0 radical (unpaired) electrons. The van der Waals surface area contributed by atoms with Crippen molar-refractivity contribution in [3.05, 3.63) is 18.2 Å². The predicted octanol–water partition coefficient (Wildman–Crippen LogP) is 0.766. The molecule has 0 aliphatic rings. The van der Waals surface area contributed by atoms with E-state index in [0.29, 0.717) is 6.61 Å². The van der Waals surface area contributed by atoms with E-state index in [1.54, 1.807) is 6.07 Å². The molecule has 0 aromatic heterocycles. The van der Waals surface area contributed by atoms with Gasteiger partial charge in [-0.1, -0.05) is 32.3 Å². The summed E-state index contributed by atoms with van der Waals surface area (Å²) in [6.45, 7) is 1.88. The van der Waals surface area contributed by atoms with E-state index in [-0.39, 0.29) is 43.7 Å². The first-order valence-electron chi connectivity index (χ1n) is 8.75. The molecule has 8 nitrogen and oxygen atoms in total. The van der Waals surface area contributed by atoms with Gasteiger partial charge in [0.05, 0.1) is 33.0 Å². The Morgan fingerprint density at radius 3 is 1.88 bits per heavy atom. The Morgan fingerprint density at radius 2 is 1.42 bits per heavy atom. The van der Waals surface area contributed by atoms with Crippen molar-refractivity contribution in [3.8, 4) is 17.2 Å². The second-order valence-corrected chi connectivity index (χ2v) is 5.74. The first-order chi connectivity index (χ1) is 12.5. The molecule has 0 saturated heterocycles. The summed E-state index contributed by atoms with van der Waals surface area (Å²) >= 11 is 0. The van der Waals surface area contributed by atoms with Gasteiger partial charge >= 0.3 is 0 Å². The molecule has 0 aliphatic heterocycles. The van der Waals surface area contributed by atoms with Crippen LogP contribution in [-0.4, -0.2) is 75.9 Å². The van der Waals surface area contributed by atoms with E-state index in [1.165, 1.54) is 25.0 Å². The number of aromatic hydroxyl groups is 2. The van der Waals surface area contributed by atoms with Crippen LogP contribution in [0.3, 0.4) is 0 Å². The molecule has 0 amide bonds. The summed E-state index contributed by atoms with van der Waals surface area (Å²) in [5, 5.41) is 52.9. The maximum absolute atomic E-state index is 9.41. The topological polar surface area (TPSA) is 140 Å². The first-order valence-corrected chi connectivity index (χ1v) is 8.75. The third kappa shape index (κ3) is 11.9. The Balaban J connectivity index is 0.000000508. The Morgan fingerprint density at radius 1 is 0.885 bits per heavy atom. The third-order valence-corrected chi connectivity index (χ3v) is 3.26. The van der Waals surface area contributed by atoms with E-state index in [4.69, 9.17) is 29.9 Å². The smallest absolute Gasteiger partial charge is 0.203 e. The van der Waals surface area contributed by atoms with Gasteiger partial charge in [-0.2, -0.15) is 0 Å². The molecule has 0 aliphatic carbocycles. The van der Waals surface area contributed by atoms with E-state index in [1.807, 2.05) is 0 Å². The van der Waals surface area contributed by atoms with Gasteiger partial charge in [0.25, 0.3) is 0 Å². The molecule has 152 valence electrons. The van der Waals surface area contributed by atoms with E-state index < -0.39 is 12.2 Å². The largest absolute Gasteiger partial charge is 0.504 e. The lowest BCUT2D eigenvalue weighted by atomic mass is 10.2. The number of phenols is 2. The molecule has 0 heterocycles. The second-order valence-electron chi connectivity index (χ2n) is 5.74. The summed E-state index contributed by atoms with van der Waals surface area (Å²) in [6, 6.07) is 4.58. The Kier molecular flexibility index (Phi) is 14.7. The van der Waals surface area contributed by atoms with Gasteiger partial charge in [0.2, 0.25) is 5.75 Å². The summed E-state index contributed by atoms with van der Waals surface area (Å²) < 4.78 is 10.0. The van der Waals surface area contributed by atoms with Gasteiger partial charge in [0, 0.05) is 0 Å². The monoisotopic (exact) mass is 376 g/mol. The van der Waals surface area contributed by atoms with Crippen molar-refractivity contribution in [3.63, 3.8) is 0 Å². The van der Waals surface area contributed by atoms with Crippen molar-refractivity contribution in [2.45, 2.75) is 44.8 Å². The van der Waals surface area contributed by atoms with Crippen LogP contribution in [0.4, 0.5) is 0 Å². The normalized spacial score (nSPS) is 12.8. The Labute approximate surface area is 154 Å². The highest BCUT2D eigenvalue weighted by Crippen LogP contribution is 2.34. The minimum absolute atomic E-state index is 0.00880. The lowest BCUT2D eigenvalue weighted by molar-refractivity contribution is -0.0364. The fourth-order valence-electron chi connectivity index (χ4n) is 1.81. The van der Waals surface area contributed by atoms with Crippen molar-refractivity contribution in [1.29, 1.82) is 0 Å². The number of aliphatic hydroxyl groups is 4. The van der Waals surface area contributed by atoms with Crippen molar-refractivity contribution in [2.75, 3.05) is 33.0 Å². The molecule has 0 saturated carbocycles. The van der Waals surface area contributed by atoms with Crippen molar-refractivity contribution >= 4 is 0 Å². The molecule has 26 heavy (non-hydrogen) atoms. The number of aliphatic hydroxyl groups excluding tert-OH is 4. The van der Waals surface area contributed by atoms with Gasteiger partial charge in [-0.3, -0.25) is 0 Å². The number of ether oxygens (including phenoxy) is 2. The van der Waals surface area contributed by atoms with E-state index in [2.05, 4.69) is 6.92 Å². The zero-order valence-electron chi connectivity index (χ0n) is 15.3. The van der Waals surface area contributed by atoms with Crippen LogP contribution in [0.25, 0.3) is 0 Å². The fraction of sp³-hybridized carbons (Fsp3) is 0.667. The average molecular weight is 376 g/mol. The molecule has 2 unspecified atom stereocenters. The number of para-hydroxylation sites is 1. The number of rotatable bonds is 12. The predicted molar refractivity (Wildman–Crippen MR) is 96.4 cm³/mol. The maximum Gasteiger partial charge on any atom is 0.203 e. The Hall–Kier alpha value is -1.58. The van der Waals surface area contributed by atoms with Gasteiger partial charge in [-0.05, 0) is 18.6 Å². The summed E-state index contributed by atoms with van der Waals surface area (Å²) in [4.78, 5) is 0. The molecule has 2 atom stereocenters. The number of hydrogen-bond donors (Lipinski definition) is 6. The van der Waals surface area contributed by atoms with Crippen LogP contribution in [0, 0.1) is 0 Å². The highest BCUT2D eigenvalue weighted by molar-refractivity contribution is 5.49. The average Bonchev–Trinajstić information content (AvgIpc) is 2.63. The van der Waals surface area contributed by atoms with Crippen molar-refractivity contribution < 1.29 is 40.1 Å². The molecule has 1 aromatic rings. The number of benzene rings is 1. The minimum Gasteiger partial charge on any atom is -0.504 e. The molecule has 1 aromatic carbocycles. The zero-order chi connectivity index (χ0) is 19.8. The van der Waals surface area contributed by atoms with E-state index in [9.17, 15) is 10.2 Å². The van der Waals surface area contributed by atoms with Crippen molar-refractivity contribution in [2.24, 2.45) is 0 Å². The molecular formula is C18H32O8. The zero-order valence-corrected chi connectivity index (χ0v) is 15.3. The molecule has 0 bridgehead atoms. The lowest BCUT2D eigenvalue weighted by Crippen LogP contribution is -2.25. The summed E-state index contributed by atoms with van der Waals surface area (Å²) in [6.07, 6.45) is 2.60. The van der Waals surface area contributed by atoms with Gasteiger partial charge in [0.1, 0.15) is 12.2 Å². The van der Waals surface area contributed by atoms with Gasteiger partial charge in [0.15, 0.2) is 11.5 Å². The number of hydrogen-bond acceptors (Lipinski definition) is 8. The van der Waals surface area contributed by atoms with E-state index >= 15 is 0 Å². The van der Waals surface area contributed by atoms with Gasteiger partial charge < -0.3 is 40.1 Å². The van der Waals surface area contributed by atoms with Crippen LogP contribution in [0.1, 0.15) is 32.6 Å². The van der Waals surface area contributed by atoms with Gasteiger partial charge in [-0.25, -0.2) is 0 Å². The highest BCUT2D eigenvalue weighted by Gasteiger charge is 2.07. The summed E-state index contributed by atoms with van der Waals surface area (Å²) in [5.74, 6) is 0.171. The number of unbranched alkanes of at least 4 members (excludes halogenated alkanes) is 3. The molecule has 0 spiro atoms. The van der Waals surface area contributed by atoms with Crippen LogP contribution in [0.5, 0.6) is 17.2 Å². The third-order valence-electron chi connectivity index (χ3n) is 3.26. The maximum atomic E-state index is 9.41.